The molecule has 1 saturated heterocycles. The van der Waals surface area contributed by atoms with Gasteiger partial charge in [0.25, 0.3) is 0 Å². The molecular formula is C13H16ClN3. The lowest BCUT2D eigenvalue weighted by Crippen LogP contribution is -2.26. The van der Waals surface area contributed by atoms with Gasteiger partial charge in [-0.1, -0.05) is 11.6 Å². The number of likely N-dealkylation sites (tertiary alicyclic amines) is 1. The van der Waals surface area contributed by atoms with Crippen LogP contribution in [0.25, 0.3) is 0 Å². The topological polar surface area (TPSA) is 39.1 Å². The van der Waals surface area contributed by atoms with E-state index in [9.17, 15) is 0 Å². The fourth-order valence-corrected chi connectivity index (χ4v) is 2.29. The lowest BCUT2D eigenvalue weighted by molar-refractivity contribution is 0.352. The number of nitrogens with zero attached hydrogens (tertiary/aromatic N) is 2. The first kappa shape index (κ1) is 12.2. The Labute approximate surface area is 107 Å². The van der Waals surface area contributed by atoms with E-state index >= 15 is 0 Å². The van der Waals surface area contributed by atoms with Crippen molar-refractivity contribution in [2.75, 3.05) is 31.5 Å². The summed E-state index contributed by atoms with van der Waals surface area (Å²) in [6, 6.07) is 7.47. The van der Waals surface area contributed by atoms with Gasteiger partial charge in [0.15, 0.2) is 0 Å². The van der Waals surface area contributed by atoms with E-state index in [1.54, 1.807) is 12.1 Å². The minimum Gasteiger partial charge on any atom is -0.383 e. The number of anilines is 1. The first-order valence-electron chi connectivity index (χ1n) is 5.95. The highest BCUT2D eigenvalue weighted by Gasteiger charge is 2.10. The first-order chi connectivity index (χ1) is 8.29. The van der Waals surface area contributed by atoms with Crippen LogP contribution >= 0.6 is 11.6 Å². The van der Waals surface area contributed by atoms with Crippen LogP contribution in [0.15, 0.2) is 18.2 Å². The second kappa shape index (κ2) is 5.90. The van der Waals surface area contributed by atoms with Gasteiger partial charge in [-0.3, -0.25) is 0 Å². The predicted octanol–water partition coefficient (Wildman–Crippen LogP) is 2.72. The van der Waals surface area contributed by atoms with Crippen LogP contribution in [0.4, 0.5) is 5.69 Å². The summed E-state index contributed by atoms with van der Waals surface area (Å²) in [4.78, 5) is 2.43. The largest absolute Gasteiger partial charge is 0.383 e. The van der Waals surface area contributed by atoms with Crippen molar-refractivity contribution >= 4 is 17.3 Å². The summed E-state index contributed by atoms with van der Waals surface area (Å²) in [7, 11) is 0. The zero-order valence-electron chi connectivity index (χ0n) is 9.75. The van der Waals surface area contributed by atoms with E-state index in [1.807, 2.05) is 6.07 Å². The van der Waals surface area contributed by atoms with Crippen LogP contribution in [0.1, 0.15) is 18.4 Å². The average molecular weight is 250 g/mol. The molecule has 0 aromatic heterocycles. The number of hydrogen-bond donors (Lipinski definition) is 1. The molecule has 2 rings (SSSR count). The minimum atomic E-state index is 0.649. The van der Waals surface area contributed by atoms with Crippen LogP contribution in [0.2, 0.25) is 5.02 Å². The molecule has 0 amide bonds. The van der Waals surface area contributed by atoms with Gasteiger partial charge in [-0.2, -0.15) is 5.26 Å². The Hall–Kier alpha value is -1.24. The monoisotopic (exact) mass is 249 g/mol. The fourth-order valence-electron chi connectivity index (χ4n) is 2.12. The van der Waals surface area contributed by atoms with Crippen molar-refractivity contribution < 1.29 is 0 Å². The van der Waals surface area contributed by atoms with E-state index in [0.717, 1.165) is 18.8 Å². The highest BCUT2D eigenvalue weighted by Crippen LogP contribution is 2.20. The molecule has 1 aromatic carbocycles. The Kier molecular flexibility index (Phi) is 4.24. The smallest absolute Gasteiger partial charge is 0.101 e. The van der Waals surface area contributed by atoms with E-state index < -0.39 is 0 Å². The molecule has 1 aliphatic heterocycles. The molecule has 0 radical (unpaired) electrons. The van der Waals surface area contributed by atoms with E-state index in [1.165, 1.54) is 25.9 Å². The lowest BCUT2D eigenvalue weighted by atomic mass is 10.2. The third-order valence-corrected chi connectivity index (χ3v) is 3.28. The van der Waals surface area contributed by atoms with Crippen LogP contribution in [-0.4, -0.2) is 31.1 Å². The molecule has 1 aromatic rings. The number of benzene rings is 1. The molecule has 0 unspecified atom stereocenters. The van der Waals surface area contributed by atoms with Crippen molar-refractivity contribution in [2.24, 2.45) is 0 Å². The van der Waals surface area contributed by atoms with Gasteiger partial charge >= 0.3 is 0 Å². The summed E-state index contributed by atoms with van der Waals surface area (Å²) in [5.41, 5.74) is 1.48. The molecule has 0 saturated carbocycles. The summed E-state index contributed by atoms with van der Waals surface area (Å²) in [6.07, 6.45) is 2.61. The summed E-state index contributed by atoms with van der Waals surface area (Å²) in [5.74, 6) is 0. The summed E-state index contributed by atoms with van der Waals surface area (Å²) in [6.45, 7) is 4.27. The summed E-state index contributed by atoms with van der Waals surface area (Å²) in [5, 5.41) is 12.9. The second-order valence-electron chi connectivity index (χ2n) is 4.28. The maximum absolute atomic E-state index is 8.98. The van der Waals surface area contributed by atoms with E-state index in [0.29, 0.717) is 10.6 Å². The van der Waals surface area contributed by atoms with Crippen molar-refractivity contribution in [3.05, 3.63) is 28.8 Å². The zero-order valence-corrected chi connectivity index (χ0v) is 10.5. The van der Waals surface area contributed by atoms with Crippen LogP contribution in [-0.2, 0) is 0 Å². The van der Waals surface area contributed by atoms with Crippen molar-refractivity contribution in [2.45, 2.75) is 12.8 Å². The lowest BCUT2D eigenvalue weighted by Gasteiger charge is -2.15. The standard InChI is InChI=1S/C13H16ClN3/c14-12-4-3-11(10-15)13(9-12)16-5-8-17-6-1-2-7-17/h3-4,9,16H,1-2,5-8H2. The summed E-state index contributed by atoms with van der Waals surface area (Å²) < 4.78 is 0. The molecule has 1 heterocycles. The van der Waals surface area contributed by atoms with Crippen molar-refractivity contribution in [1.82, 2.24) is 4.90 Å². The van der Waals surface area contributed by atoms with Gasteiger partial charge in [0.05, 0.1) is 11.3 Å². The first-order valence-corrected chi connectivity index (χ1v) is 6.33. The Balaban J connectivity index is 1.89. The number of nitriles is 1. The molecule has 3 nitrogen and oxygen atoms in total. The number of halogens is 1. The Bertz CT molecular complexity index is 419. The average Bonchev–Trinajstić information content (AvgIpc) is 2.82. The SMILES string of the molecule is N#Cc1ccc(Cl)cc1NCCN1CCCC1. The second-order valence-corrected chi connectivity index (χ2v) is 4.71. The summed E-state index contributed by atoms with van der Waals surface area (Å²) >= 11 is 5.92. The third kappa shape index (κ3) is 3.36. The Morgan fingerprint density at radius 3 is 2.82 bits per heavy atom. The van der Waals surface area contributed by atoms with Crippen molar-refractivity contribution in [3.8, 4) is 6.07 Å². The van der Waals surface area contributed by atoms with Gasteiger partial charge in [-0.25, -0.2) is 0 Å². The van der Waals surface area contributed by atoms with Gasteiger partial charge < -0.3 is 10.2 Å². The molecule has 0 bridgehead atoms. The van der Waals surface area contributed by atoms with Crippen LogP contribution in [0.5, 0.6) is 0 Å². The maximum Gasteiger partial charge on any atom is 0.101 e. The number of rotatable bonds is 4. The van der Waals surface area contributed by atoms with Gasteiger partial charge in [0, 0.05) is 18.1 Å². The molecule has 90 valence electrons. The number of nitrogens with one attached hydrogen (secondary N) is 1. The van der Waals surface area contributed by atoms with E-state index in [-0.39, 0.29) is 0 Å². The Morgan fingerprint density at radius 2 is 2.12 bits per heavy atom. The normalized spacial score (nSPS) is 15.8. The molecular weight excluding hydrogens is 234 g/mol. The molecule has 17 heavy (non-hydrogen) atoms. The fraction of sp³-hybridized carbons (Fsp3) is 0.462. The minimum absolute atomic E-state index is 0.649. The van der Waals surface area contributed by atoms with E-state index in [2.05, 4.69) is 16.3 Å². The molecule has 0 spiro atoms. The van der Waals surface area contributed by atoms with Gasteiger partial charge in [0.2, 0.25) is 0 Å². The Morgan fingerprint density at radius 1 is 1.35 bits per heavy atom. The molecule has 0 aliphatic carbocycles. The molecule has 1 fully saturated rings. The maximum atomic E-state index is 8.98. The highest BCUT2D eigenvalue weighted by atomic mass is 35.5. The van der Waals surface area contributed by atoms with Crippen molar-refractivity contribution in [3.63, 3.8) is 0 Å². The quantitative estimate of drug-likeness (QED) is 0.892. The molecule has 1 N–H and O–H groups in total. The van der Waals surface area contributed by atoms with Gasteiger partial charge in [-0.05, 0) is 44.1 Å². The number of hydrogen-bond acceptors (Lipinski definition) is 3. The van der Waals surface area contributed by atoms with Crippen LogP contribution in [0.3, 0.4) is 0 Å². The van der Waals surface area contributed by atoms with Gasteiger partial charge in [-0.15, -0.1) is 0 Å². The molecule has 0 atom stereocenters. The highest BCUT2D eigenvalue weighted by molar-refractivity contribution is 6.30. The van der Waals surface area contributed by atoms with Crippen LogP contribution in [0, 0.1) is 11.3 Å². The van der Waals surface area contributed by atoms with Crippen LogP contribution < -0.4 is 5.32 Å². The molecule has 4 heteroatoms. The zero-order chi connectivity index (χ0) is 12.1. The third-order valence-electron chi connectivity index (χ3n) is 3.04. The van der Waals surface area contributed by atoms with Crippen molar-refractivity contribution in [1.29, 1.82) is 5.26 Å². The predicted molar refractivity (Wildman–Crippen MR) is 70.3 cm³/mol. The molecule has 1 aliphatic rings. The van der Waals surface area contributed by atoms with Gasteiger partial charge in [0.1, 0.15) is 6.07 Å². The van der Waals surface area contributed by atoms with E-state index in [4.69, 9.17) is 16.9 Å².